The standard InChI is InChI=1S/C16H16F3NO.ClH/c1-11-6-7-12(8-9-20)14(10-11)13-4-2-3-5-15(13)21-16(17,18)19;/h2-7,10H,8-9,20H2,1H3;1H. The summed E-state index contributed by atoms with van der Waals surface area (Å²) in [5, 5.41) is 0. The lowest BCUT2D eigenvalue weighted by Gasteiger charge is -2.16. The van der Waals surface area contributed by atoms with Gasteiger partial charge < -0.3 is 10.5 Å². The van der Waals surface area contributed by atoms with Crippen LogP contribution in [0.1, 0.15) is 11.1 Å². The lowest BCUT2D eigenvalue weighted by molar-refractivity contribution is -0.274. The molecule has 0 saturated heterocycles. The van der Waals surface area contributed by atoms with Gasteiger partial charge in [0.05, 0.1) is 0 Å². The van der Waals surface area contributed by atoms with Crippen LogP contribution in [0.25, 0.3) is 11.1 Å². The minimum absolute atomic E-state index is 0. The molecule has 2 rings (SSSR count). The summed E-state index contributed by atoms with van der Waals surface area (Å²) >= 11 is 0. The van der Waals surface area contributed by atoms with Crippen LogP contribution in [0.5, 0.6) is 5.75 Å². The van der Waals surface area contributed by atoms with E-state index in [-0.39, 0.29) is 18.2 Å². The summed E-state index contributed by atoms with van der Waals surface area (Å²) in [6.07, 6.45) is -4.12. The Bertz CT molecular complexity index is 629. The monoisotopic (exact) mass is 331 g/mol. The first-order valence-electron chi connectivity index (χ1n) is 6.55. The fourth-order valence-electron chi connectivity index (χ4n) is 2.22. The largest absolute Gasteiger partial charge is 0.573 e. The molecule has 0 aliphatic rings. The average Bonchev–Trinajstić information content (AvgIpc) is 2.40. The van der Waals surface area contributed by atoms with Crippen molar-refractivity contribution in [1.82, 2.24) is 0 Å². The van der Waals surface area contributed by atoms with Gasteiger partial charge in [-0.15, -0.1) is 25.6 Å². The number of rotatable bonds is 4. The summed E-state index contributed by atoms with van der Waals surface area (Å²) in [5.74, 6) is -0.200. The van der Waals surface area contributed by atoms with Gasteiger partial charge in [-0.05, 0) is 37.1 Å². The number of benzene rings is 2. The zero-order valence-electron chi connectivity index (χ0n) is 12.0. The van der Waals surface area contributed by atoms with Gasteiger partial charge >= 0.3 is 6.36 Å². The normalized spacial score (nSPS) is 11.0. The fourth-order valence-corrected chi connectivity index (χ4v) is 2.22. The van der Waals surface area contributed by atoms with Crippen molar-refractivity contribution in [2.75, 3.05) is 6.54 Å². The van der Waals surface area contributed by atoms with E-state index in [1.807, 2.05) is 25.1 Å². The molecule has 2 nitrogen and oxygen atoms in total. The van der Waals surface area contributed by atoms with Crippen molar-refractivity contribution in [3.63, 3.8) is 0 Å². The molecule has 0 aliphatic heterocycles. The van der Waals surface area contributed by atoms with Crippen LogP contribution < -0.4 is 10.5 Å². The second-order valence-electron chi connectivity index (χ2n) is 4.74. The van der Waals surface area contributed by atoms with Crippen LogP contribution in [-0.2, 0) is 6.42 Å². The van der Waals surface area contributed by atoms with Crippen molar-refractivity contribution in [2.45, 2.75) is 19.7 Å². The molecule has 2 aromatic rings. The van der Waals surface area contributed by atoms with Gasteiger partial charge in [-0.2, -0.15) is 0 Å². The van der Waals surface area contributed by atoms with Crippen LogP contribution in [0.2, 0.25) is 0 Å². The number of hydrogen-bond donors (Lipinski definition) is 1. The first-order chi connectivity index (χ1) is 9.90. The maximum Gasteiger partial charge on any atom is 0.573 e. The second kappa shape index (κ2) is 7.51. The third-order valence-corrected chi connectivity index (χ3v) is 3.08. The second-order valence-corrected chi connectivity index (χ2v) is 4.74. The minimum atomic E-state index is -4.71. The van der Waals surface area contributed by atoms with E-state index in [2.05, 4.69) is 4.74 Å². The zero-order valence-corrected chi connectivity index (χ0v) is 12.8. The van der Waals surface area contributed by atoms with Crippen molar-refractivity contribution in [3.05, 3.63) is 53.6 Å². The fraction of sp³-hybridized carbons (Fsp3) is 0.250. The lowest BCUT2D eigenvalue weighted by Crippen LogP contribution is -2.17. The Kier molecular flexibility index (Phi) is 6.26. The summed E-state index contributed by atoms with van der Waals surface area (Å²) in [6, 6.07) is 11.8. The average molecular weight is 332 g/mol. The number of para-hydroxylation sites is 1. The summed E-state index contributed by atoms with van der Waals surface area (Å²) in [4.78, 5) is 0. The molecule has 0 radical (unpaired) electrons. The van der Waals surface area contributed by atoms with Crippen LogP contribution in [0.4, 0.5) is 13.2 Å². The lowest BCUT2D eigenvalue weighted by atomic mass is 9.95. The molecule has 120 valence electrons. The van der Waals surface area contributed by atoms with E-state index in [0.29, 0.717) is 18.5 Å². The number of halogens is 4. The van der Waals surface area contributed by atoms with Crippen molar-refractivity contribution >= 4 is 12.4 Å². The Morgan fingerprint density at radius 2 is 1.73 bits per heavy atom. The molecule has 0 spiro atoms. The molecular weight excluding hydrogens is 315 g/mol. The van der Waals surface area contributed by atoms with E-state index in [1.165, 1.54) is 12.1 Å². The molecule has 22 heavy (non-hydrogen) atoms. The van der Waals surface area contributed by atoms with Gasteiger partial charge in [0.2, 0.25) is 0 Å². The number of aryl methyl sites for hydroxylation is 1. The molecule has 0 bridgehead atoms. The van der Waals surface area contributed by atoms with E-state index in [9.17, 15) is 13.2 Å². The summed E-state index contributed by atoms with van der Waals surface area (Å²) in [5.41, 5.74) is 8.58. The van der Waals surface area contributed by atoms with Crippen LogP contribution in [0.3, 0.4) is 0 Å². The maximum atomic E-state index is 12.5. The van der Waals surface area contributed by atoms with Gasteiger partial charge in [0.15, 0.2) is 0 Å². The predicted molar refractivity (Wildman–Crippen MR) is 83.3 cm³/mol. The number of alkyl halides is 3. The summed E-state index contributed by atoms with van der Waals surface area (Å²) in [7, 11) is 0. The van der Waals surface area contributed by atoms with Crippen LogP contribution in [-0.4, -0.2) is 12.9 Å². The predicted octanol–water partition coefficient (Wildman–Crippen LogP) is 4.48. The number of ether oxygens (including phenoxy) is 1. The Morgan fingerprint density at radius 3 is 2.36 bits per heavy atom. The van der Waals surface area contributed by atoms with Crippen molar-refractivity contribution in [2.24, 2.45) is 5.73 Å². The molecule has 0 heterocycles. The van der Waals surface area contributed by atoms with Crippen LogP contribution in [0.15, 0.2) is 42.5 Å². The molecule has 0 saturated carbocycles. The minimum Gasteiger partial charge on any atom is -0.405 e. The van der Waals surface area contributed by atoms with Crippen LogP contribution in [0, 0.1) is 6.92 Å². The van der Waals surface area contributed by atoms with E-state index in [4.69, 9.17) is 5.73 Å². The molecule has 6 heteroatoms. The molecule has 0 atom stereocenters. The number of nitrogens with two attached hydrogens (primary N) is 1. The van der Waals surface area contributed by atoms with Gasteiger partial charge in [0.25, 0.3) is 0 Å². The van der Waals surface area contributed by atoms with E-state index < -0.39 is 6.36 Å². The van der Waals surface area contributed by atoms with E-state index in [1.54, 1.807) is 12.1 Å². The third-order valence-electron chi connectivity index (χ3n) is 3.08. The highest BCUT2D eigenvalue weighted by Gasteiger charge is 2.32. The van der Waals surface area contributed by atoms with Gasteiger partial charge in [-0.1, -0.05) is 42.0 Å². The Labute approximate surface area is 133 Å². The van der Waals surface area contributed by atoms with Gasteiger partial charge in [-0.3, -0.25) is 0 Å². The highest BCUT2D eigenvalue weighted by molar-refractivity contribution is 5.85. The smallest absolute Gasteiger partial charge is 0.405 e. The first-order valence-corrected chi connectivity index (χ1v) is 6.55. The molecular formula is C16H17ClF3NO. The quantitative estimate of drug-likeness (QED) is 0.896. The zero-order chi connectivity index (χ0) is 15.5. The summed E-state index contributed by atoms with van der Waals surface area (Å²) in [6.45, 7) is 2.32. The first kappa shape index (κ1) is 18.3. The highest BCUT2D eigenvalue weighted by Crippen LogP contribution is 2.36. The van der Waals surface area contributed by atoms with Gasteiger partial charge in [0, 0.05) is 5.56 Å². The summed E-state index contributed by atoms with van der Waals surface area (Å²) < 4.78 is 41.7. The van der Waals surface area contributed by atoms with Gasteiger partial charge in [0.1, 0.15) is 5.75 Å². The van der Waals surface area contributed by atoms with Crippen molar-refractivity contribution < 1.29 is 17.9 Å². The highest BCUT2D eigenvalue weighted by atomic mass is 35.5. The Hall–Kier alpha value is -1.72. The van der Waals surface area contributed by atoms with Crippen molar-refractivity contribution in [3.8, 4) is 16.9 Å². The van der Waals surface area contributed by atoms with Crippen LogP contribution >= 0.6 is 12.4 Å². The topological polar surface area (TPSA) is 35.2 Å². The third kappa shape index (κ3) is 4.64. The maximum absolute atomic E-state index is 12.5. The molecule has 0 amide bonds. The van der Waals surface area contributed by atoms with Crippen molar-refractivity contribution in [1.29, 1.82) is 0 Å². The van der Waals surface area contributed by atoms with E-state index in [0.717, 1.165) is 16.7 Å². The Morgan fingerprint density at radius 1 is 1.05 bits per heavy atom. The SMILES string of the molecule is Cc1ccc(CCN)c(-c2ccccc2OC(F)(F)F)c1.Cl. The molecule has 0 aromatic heterocycles. The van der Waals surface area contributed by atoms with E-state index >= 15 is 0 Å². The molecule has 0 unspecified atom stereocenters. The van der Waals surface area contributed by atoms with Gasteiger partial charge in [-0.25, -0.2) is 0 Å². The number of hydrogen-bond acceptors (Lipinski definition) is 2. The molecule has 2 N–H and O–H groups in total. The molecule has 0 aliphatic carbocycles. The molecule has 0 fully saturated rings. The Balaban J connectivity index is 0.00000242. The molecule has 2 aromatic carbocycles.